The Balaban J connectivity index is 0.000000791. The minimum atomic E-state index is 0.580. The second-order valence-corrected chi connectivity index (χ2v) is 3.81. The molecule has 0 unspecified atom stereocenters. The lowest BCUT2D eigenvalue weighted by Crippen LogP contribution is -1.98. The molecule has 1 aromatic rings. The SMILES string of the molecule is CC.CC(C)c1ccncc1C(C)C. The molecule has 1 heteroatoms. The first kappa shape index (κ1) is 13.2. The second kappa shape index (κ2) is 6.58. The molecule has 1 heterocycles. The smallest absolute Gasteiger partial charge is 0.0305 e. The highest BCUT2D eigenvalue weighted by molar-refractivity contribution is 5.28. The van der Waals surface area contributed by atoms with E-state index in [0.29, 0.717) is 11.8 Å². The summed E-state index contributed by atoms with van der Waals surface area (Å²) in [6, 6.07) is 2.12. The van der Waals surface area contributed by atoms with Crippen molar-refractivity contribution in [2.75, 3.05) is 0 Å². The van der Waals surface area contributed by atoms with Gasteiger partial charge in [0.2, 0.25) is 0 Å². The molecular formula is C13H23N. The van der Waals surface area contributed by atoms with Crippen LogP contribution in [0.5, 0.6) is 0 Å². The number of pyridine rings is 1. The molecular weight excluding hydrogens is 170 g/mol. The zero-order chi connectivity index (χ0) is 11.1. The lowest BCUT2D eigenvalue weighted by atomic mass is 9.93. The van der Waals surface area contributed by atoms with Crippen molar-refractivity contribution >= 4 is 0 Å². The van der Waals surface area contributed by atoms with E-state index in [1.807, 2.05) is 26.2 Å². The molecule has 0 aliphatic heterocycles. The number of hydrogen-bond donors (Lipinski definition) is 0. The lowest BCUT2D eigenvalue weighted by molar-refractivity contribution is 0.783. The summed E-state index contributed by atoms with van der Waals surface area (Å²) in [5, 5.41) is 0. The van der Waals surface area contributed by atoms with Gasteiger partial charge in [0.25, 0.3) is 0 Å². The summed E-state index contributed by atoms with van der Waals surface area (Å²) in [5.41, 5.74) is 2.81. The highest BCUT2D eigenvalue weighted by Gasteiger charge is 2.08. The zero-order valence-corrected chi connectivity index (χ0v) is 10.3. The molecule has 0 aliphatic carbocycles. The predicted molar refractivity (Wildman–Crippen MR) is 63.8 cm³/mol. The predicted octanol–water partition coefficient (Wildman–Crippen LogP) is 4.35. The van der Waals surface area contributed by atoms with Gasteiger partial charge in [-0.3, -0.25) is 4.98 Å². The fourth-order valence-electron chi connectivity index (χ4n) is 1.43. The summed E-state index contributed by atoms with van der Waals surface area (Å²) in [6.45, 7) is 12.9. The van der Waals surface area contributed by atoms with Gasteiger partial charge in [-0.1, -0.05) is 41.5 Å². The van der Waals surface area contributed by atoms with Gasteiger partial charge in [0.15, 0.2) is 0 Å². The van der Waals surface area contributed by atoms with Gasteiger partial charge in [0.05, 0.1) is 0 Å². The van der Waals surface area contributed by atoms with Crippen LogP contribution in [0.3, 0.4) is 0 Å². The molecule has 0 amide bonds. The van der Waals surface area contributed by atoms with Gasteiger partial charge in [0.1, 0.15) is 0 Å². The number of rotatable bonds is 2. The third-order valence-corrected chi connectivity index (χ3v) is 2.13. The molecule has 1 nitrogen and oxygen atoms in total. The van der Waals surface area contributed by atoms with Crippen LogP contribution in [-0.2, 0) is 0 Å². The van der Waals surface area contributed by atoms with Gasteiger partial charge in [-0.2, -0.15) is 0 Å². The van der Waals surface area contributed by atoms with Crippen LogP contribution in [0.1, 0.15) is 64.5 Å². The Kier molecular flexibility index (Phi) is 6.18. The molecule has 80 valence electrons. The molecule has 14 heavy (non-hydrogen) atoms. The summed E-state index contributed by atoms with van der Waals surface area (Å²) in [7, 11) is 0. The first-order chi connectivity index (χ1) is 6.63. The Labute approximate surface area is 88.6 Å². The Bertz CT molecular complexity index is 224. The maximum Gasteiger partial charge on any atom is 0.0305 e. The molecule has 0 saturated carbocycles. The molecule has 0 fully saturated rings. The minimum absolute atomic E-state index is 0.580. The van der Waals surface area contributed by atoms with Crippen molar-refractivity contribution in [3.05, 3.63) is 29.6 Å². The third-order valence-electron chi connectivity index (χ3n) is 2.13. The van der Waals surface area contributed by atoms with Crippen molar-refractivity contribution in [3.8, 4) is 0 Å². The Morgan fingerprint density at radius 2 is 1.43 bits per heavy atom. The topological polar surface area (TPSA) is 12.9 Å². The average molecular weight is 193 g/mol. The van der Waals surface area contributed by atoms with Gasteiger partial charge < -0.3 is 0 Å². The Hall–Kier alpha value is -0.850. The number of hydrogen-bond acceptors (Lipinski definition) is 1. The molecule has 0 spiro atoms. The van der Waals surface area contributed by atoms with Crippen LogP contribution >= 0.6 is 0 Å². The van der Waals surface area contributed by atoms with Crippen molar-refractivity contribution in [3.63, 3.8) is 0 Å². The fourth-order valence-corrected chi connectivity index (χ4v) is 1.43. The molecule has 0 saturated heterocycles. The first-order valence-electron chi connectivity index (χ1n) is 5.56. The van der Waals surface area contributed by atoms with Gasteiger partial charge in [-0.05, 0) is 29.0 Å². The molecule has 0 atom stereocenters. The van der Waals surface area contributed by atoms with E-state index in [1.54, 1.807) is 0 Å². The summed E-state index contributed by atoms with van der Waals surface area (Å²) in [4.78, 5) is 4.15. The maximum atomic E-state index is 4.15. The first-order valence-corrected chi connectivity index (χ1v) is 5.56. The molecule has 0 aromatic carbocycles. The summed E-state index contributed by atoms with van der Waals surface area (Å²) >= 11 is 0. The maximum absolute atomic E-state index is 4.15. The van der Waals surface area contributed by atoms with Crippen molar-refractivity contribution < 1.29 is 0 Å². The highest BCUT2D eigenvalue weighted by atomic mass is 14.6. The van der Waals surface area contributed by atoms with Gasteiger partial charge >= 0.3 is 0 Å². The van der Waals surface area contributed by atoms with Crippen molar-refractivity contribution in [1.29, 1.82) is 0 Å². The minimum Gasteiger partial charge on any atom is -0.264 e. The Morgan fingerprint density at radius 3 is 1.79 bits per heavy atom. The van der Waals surface area contributed by atoms with E-state index in [4.69, 9.17) is 0 Å². The quantitative estimate of drug-likeness (QED) is 0.680. The van der Waals surface area contributed by atoms with Crippen molar-refractivity contribution in [2.45, 2.75) is 53.4 Å². The lowest BCUT2D eigenvalue weighted by Gasteiger charge is -2.14. The molecule has 0 N–H and O–H groups in total. The second-order valence-electron chi connectivity index (χ2n) is 3.81. The number of aromatic nitrogens is 1. The van der Waals surface area contributed by atoms with E-state index in [0.717, 1.165) is 0 Å². The van der Waals surface area contributed by atoms with E-state index in [9.17, 15) is 0 Å². The largest absolute Gasteiger partial charge is 0.264 e. The van der Waals surface area contributed by atoms with E-state index >= 15 is 0 Å². The van der Waals surface area contributed by atoms with Crippen molar-refractivity contribution in [2.24, 2.45) is 0 Å². The molecule has 0 bridgehead atoms. The molecule has 0 aliphatic rings. The third kappa shape index (κ3) is 3.49. The normalized spacial score (nSPS) is 10.0. The molecule has 0 radical (unpaired) electrons. The van der Waals surface area contributed by atoms with Crippen LogP contribution in [-0.4, -0.2) is 4.98 Å². The summed E-state index contributed by atoms with van der Waals surface area (Å²) < 4.78 is 0. The van der Waals surface area contributed by atoms with Crippen LogP contribution in [0.4, 0.5) is 0 Å². The standard InChI is InChI=1S/C11H17N.C2H6/c1-8(2)10-5-6-12-7-11(10)9(3)4;1-2/h5-9H,1-4H3;1-2H3. The average Bonchev–Trinajstić information content (AvgIpc) is 2.20. The zero-order valence-electron chi connectivity index (χ0n) is 10.3. The van der Waals surface area contributed by atoms with Gasteiger partial charge in [-0.15, -0.1) is 0 Å². The van der Waals surface area contributed by atoms with E-state index in [1.165, 1.54) is 11.1 Å². The van der Waals surface area contributed by atoms with E-state index in [-0.39, 0.29) is 0 Å². The molecule has 1 rings (SSSR count). The van der Waals surface area contributed by atoms with Gasteiger partial charge in [-0.25, -0.2) is 0 Å². The van der Waals surface area contributed by atoms with Crippen molar-refractivity contribution in [1.82, 2.24) is 4.98 Å². The van der Waals surface area contributed by atoms with Crippen LogP contribution in [0, 0.1) is 0 Å². The van der Waals surface area contributed by atoms with E-state index in [2.05, 4.69) is 38.7 Å². The highest BCUT2D eigenvalue weighted by Crippen LogP contribution is 2.24. The fraction of sp³-hybridized carbons (Fsp3) is 0.615. The van der Waals surface area contributed by atoms with Gasteiger partial charge in [0, 0.05) is 12.4 Å². The Morgan fingerprint density at radius 1 is 0.929 bits per heavy atom. The monoisotopic (exact) mass is 193 g/mol. The summed E-state index contributed by atoms with van der Waals surface area (Å²) in [5.74, 6) is 1.18. The summed E-state index contributed by atoms with van der Waals surface area (Å²) in [6.07, 6.45) is 3.86. The van der Waals surface area contributed by atoms with Crippen LogP contribution in [0.25, 0.3) is 0 Å². The van der Waals surface area contributed by atoms with Crippen LogP contribution < -0.4 is 0 Å². The van der Waals surface area contributed by atoms with Crippen LogP contribution in [0.15, 0.2) is 18.5 Å². The van der Waals surface area contributed by atoms with E-state index < -0.39 is 0 Å². The number of nitrogens with zero attached hydrogens (tertiary/aromatic N) is 1. The molecule has 1 aromatic heterocycles. The van der Waals surface area contributed by atoms with Crippen LogP contribution in [0.2, 0.25) is 0 Å².